The Labute approximate surface area is 115 Å². The molecule has 1 heterocycles. The van der Waals surface area contributed by atoms with Crippen molar-refractivity contribution in [2.45, 2.75) is 32.4 Å². The molecule has 1 aromatic heterocycles. The number of pyridine rings is 1. The lowest BCUT2D eigenvalue weighted by Crippen LogP contribution is -2.25. The van der Waals surface area contributed by atoms with Gasteiger partial charge in [-0.3, -0.25) is 4.98 Å². The summed E-state index contributed by atoms with van der Waals surface area (Å²) in [6, 6.07) is 10.7. The van der Waals surface area contributed by atoms with Crippen molar-refractivity contribution in [1.82, 2.24) is 10.3 Å². The van der Waals surface area contributed by atoms with E-state index in [9.17, 15) is 0 Å². The summed E-state index contributed by atoms with van der Waals surface area (Å²) in [5.41, 5.74) is 2.27. The van der Waals surface area contributed by atoms with Gasteiger partial charge in [0.15, 0.2) is 0 Å². The number of fused-ring (bicyclic) bond motifs is 1. The van der Waals surface area contributed by atoms with Crippen molar-refractivity contribution < 1.29 is 4.74 Å². The molecule has 19 heavy (non-hydrogen) atoms. The molecule has 0 aliphatic heterocycles. The van der Waals surface area contributed by atoms with Gasteiger partial charge in [0.05, 0.1) is 11.6 Å². The summed E-state index contributed by atoms with van der Waals surface area (Å²) >= 11 is 0. The van der Waals surface area contributed by atoms with E-state index < -0.39 is 0 Å². The van der Waals surface area contributed by atoms with E-state index in [0.717, 1.165) is 18.5 Å². The number of para-hydroxylation sites is 1. The van der Waals surface area contributed by atoms with Crippen LogP contribution in [0.3, 0.4) is 0 Å². The second kappa shape index (κ2) is 6.64. The molecule has 3 heteroatoms. The number of benzene rings is 1. The summed E-state index contributed by atoms with van der Waals surface area (Å²) in [6.07, 6.45) is 3.15. The Morgan fingerprint density at radius 2 is 2.11 bits per heavy atom. The van der Waals surface area contributed by atoms with Crippen LogP contribution in [0.2, 0.25) is 0 Å². The molecule has 2 aromatic rings. The second-order valence-electron chi connectivity index (χ2n) is 4.85. The molecule has 2 unspecified atom stereocenters. The first-order chi connectivity index (χ1) is 9.24. The minimum Gasteiger partial charge on any atom is -0.382 e. The molecule has 3 nitrogen and oxygen atoms in total. The Balaban J connectivity index is 2.27. The SMILES string of the molecule is CCNC(CC(C)OC)c1cnc2ccccc2c1. The number of methoxy groups -OCH3 is 1. The molecule has 0 fully saturated rings. The molecule has 0 saturated heterocycles. The molecule has 2 atom stereocenters. The Bertz CT molecular complexity index is 527. The zero-order chi connectivity index (χ0) is 13.7. The maximum atomic E-state index is 5.38. The summed E-state index contributed by atoms with van der Waals surface area (Å²) in [5, 5.41) is 4.70. The quantitative estimate of drug-likeness (QED) is 0.863. The first kappa shape index (κ1) is 14.0. The van der Waals surface area contributed by atoms with Crippen LogP contribution in [0.15, 0.2) is 36.5 Å². The highest BCUT2D eigenvalue weighted by Gasteiger charge is 2.14. The molecule has 2 rings (SSSR count). The van der Waals surface area contributed by atoms with Crippen LogP contribution in [0, 0.1) is 0 Å². The van der Waals surface area contributed by atoms with Crippen LogP contribution in [-0.4, -0.2) is 24.7 Å². The van der Waals surface area contributed by atoms with Crippen molar-refractivity contribution in [3.8, 4) is 0 Å². The van der Waals surface area contributed by atoms with Crippen LogP contribution in [0.25, 0.3) is 10.9 Å². The lowest BCUT2D eigenvalue weighted by atomic mass is 10.0. The molecule has 1 N–H and O–H groups in total. The van der Waals surface area contributed by atoms with E-state index in [1.807, 2.05) is 24.4 Å². The highest BCUT2D eigenvalue weighted by molar-refractivity contribution is 5.78. The van der Waals surface area contributed by atoms with Crippen LogP contribution >= 0.6 is 0 Å². The van der Waals surface area contributed by atoms with Gasteiger partial charge in [-0.25, -0.2) is 0 Å². The van der Waals surface area contributed by atoms with Gasteiger partial charge in [0.2, 0.25) is 0 Å². The molecule has 0 amide bonds. The molecule has 0 radical (unpaired) electrons. The Hall–Kier alpha value is -1.45. The summed E-state index contributed by atoms with van der Waals surface area (Å²) < 4.78 is 5.38. The molecular weight excluding hydrogens is 236 g/mol. The number of rotatable bonds is 6. The smallest absolute Gasteiger partial charge is 0.0702 e. The third-order valence-electron chi connectivity index (χ3n) is 3.43. The fraction of sp³-hybridized carbons (Fsp3) is 0.438. The van der Waals surface area contributed by atoms with Crippen molar-refractivity contribution in [2.24, 2.45) is 0 Å². The number of aromatic nitrogens is 1. The average Bonchev–Trinajstić information content (AvgIpc) is 2.46. The fourth-order valence-corrected chi connectivity index (χ4v) is 2.29. The second-order valence-corrected chi connectivity index (χ2v) is 4.85. The summed E-state index contributed by atoms with van der Waals surface area (Å²) in [5.74, 6) is 0. The van der Waals surface area contributed by atoms with Crippen LogP contribution in [0.1, 0.15) is 31.9 Å². The van der Waals surface area contributed by atoms with Crippen molar-refractivity contribution in [1.29, 1.82) is 0 Å². The van der Waals surface area contributed by atoms with E-state index in [1.54, 1.807) is 7.11 Å². The maximum Gasteiger partial charge on any atom is 0.0702 e. The highest BCUT2D eigenvalue weighted by atomic mass is 16.5. The average molecular weight is 258 g/mol. The summed E-state index contributed by atoms with van der Waals surface area (Å²) in [7, 11) is 1.76. The van der Waals surface area contributed by atoms with Crippen molar-refractivity contribution in [3.05, 3.63) is 42.1 Å². The minimum absolute atomic E-state index is 0.232. The molecule has 0 aliphatic carbocycles. The van der Waals surface area contributed by atoms with Gasteiger partial charge in [-0.05, 0) is 37.6 Å². The number of hydrogen-bond acceptors (Lipinski definition) is 3. The van der Waals surface area contributed by atoms with E-state index in [1.165, 1.54) is 10.9 Å². The van der Waals surface area contributed by atoms with Gasteiger partial charge in [-0.15, -0.1) is 0 Å². The van der Waals surface area contributed by atoms with Crippen LogP contribution < -0.4 is 5.32 Å². The van der Waals surface area contributed by atoms with E-state index in [0.29, 0.717) is 0 Å². The maximum absolute atomic E-state index is 5.38. The molecule has 0 saturated carbocycles. The van der Waals surface area contributed by atoms with E-state index >= 15 is 0 Å². The first-order valence-corrected chi connectivity index (χ1v) is 6.85. The predicted octanol–water partition coefficient (Wildman–Crippen LogP) is 3.31. The van der Waals surface area contributed by atoms with Gasteiger partial charge in [0.25, 0.3) is 0 Å². The zero-order valence-electron chi connectivity index (χ0n) is 11.9. The molecular formula is C16H22N2O. The monoisotopic (exact) mass is 258 g/mol. The number of ether oxygens (including phenoxy) is 1. The number of nitrogens with one attached hydrogen (secondary N) is 1. The highest BCUT2D eigenvalue weighted by Crippen LogP contribution is 2.22. The molecule has 0 spiro atoms. The van der Waals surface area contributed by atoms with Crippen molar-refractivity contribution in [3.63, 3.8) is 0 Å². The fourth-order valence-electron chi connectivity index (χ4n) is 2.29. The van der Waals surface area contributed by atoms with Gasteiger partial charge in [-0.2, -0.15) is 0 Å². The van der Waals surface area contributed by atoms with Crippen molar-refractivity contribution >= 4 is 10.9 Å². The summed E-state index contributed by atoms with van der Waals surface area (Å²) in [4.78, 5) is 4.54. The van der Waals surface area contributed by atoms with Gasteiger partial charge in [0, 0.05) is 24.7 Å². The molecule has 0 bridgehead atoms. The van der Waals surface area contributed by atoms with Gasteiger partial charge < -0.3 is 10.1 Å². The van der Waals surface area contributed by atoms with Crippen LogP contribution in [0.5, 0.6) is 0 Å². The lowest BCUT2D eigenvalue weighted by Gasteiger charge is -2.21. The van der Waals surface area contributed by atoms with E-state index in [4.69, 9.17) is 4.74 Å². The Morgan fingerprint density at radius 3 is 2.84 bits per heavy atom. The topological polar surface area (TPSA) is 34.1 Å². The minimum atomic E-state index is 0.232. The standard InChI is InChI=1S/C16H22N2O/c1-4-17-16(9-12(2)19-3)14-10-13-7-5-6-8-15(13)18-11-14/h5-8,10-12,16-17H,4,9H2,1-3H3. The van der Waals surface area contributed by atoms with E-state index in [2.05, 4.69) is 36.3 Å². The normalized spacial score (nSPS) is 14.5. The molecule has 102 valence electrons. The van der Waals surface area contributed by atoms with Crippen molar-refractivity contribution in [2.75, 3.05) is 13.7 Å². The number of nitrogens with zero attached hydrogens (tertiary/aromatic N) is 1. The Morgan fingerprint density at radius 1 is 1.32 bits per heavy atom. The van der Waals surface area contributed by atoms with Gasteiger partial charge in [0.1, 0.15) is 0 Å². The lowest BCUT2D eigenvalue weighted by molar-refractivity contribution is 0.101. The molecule has 0 aliphatic rings. The van der Waals surface area contributed by atoms with Gasteiger partial charge >= 0.3 is 0 Å². The third-order valence-corrected chi connectivity index (χ3v) is 3.43. The Kier molecular flexibility index (Phi) is 4.88. The van der Waals surface area contributed by atoms with Crippen LogP contribution in [0.4, 0.5) is 0 Å². The van der Waals surface area contributed by atoms with Crippen LogP contribution in [-0.2, 0) is 4.74 Å². The molecule has 1 aromatic carbocycles. The third kappa shape index (κ3) is 3.52. The first-order valence-electron chi connectivity index (χ1n) is 6.85. The largest absolute Gasteiger partial charge is 0.382 e. The van der Waals surface area contributed by atoms with E-state index in [-0.39, 0.29) is 12.1 Å². The zero-order valence-corrected chi connectivity index (χ0v) is 11.9. The van der Waals surface area contributed by atoms with Gasteiger partial charge in [-0.1, -0.05) is 25.1 Å². The predicted molar refractivity (Wildman–Crippen MR) is 79.2 cm³/mol. The number of hydrogen-bond donors (Lipinski definition) is 1. The summed E-state index contributed by atoms with van der Waals surface area (Å²) in [6.45, 7) is 5.16.